The number of benzene rings is 1. The zero-order valence-corrected chi connectivity index (χ0v) is 19.8. The molecule has 1 aliphatic rings. The van der Waals surface area contributed by atoms with Gasteiger partial charge in [-0.3, -0.25) is 4.79 Å². The Labute approximate surface area is 192 Å². The van der Waals surface area contributed by atoms with Gasteiger partial charge in [-0.05, 0) is 47.0 Å². The van der Waals surface area contributed by atoms with Crippen molar-refractivity contribution in [1.82, 2.24) is 19.5 Å². The summed E-state index contributed by atoms with van der Waals surface area (Å²) in [5.74, 6) is 0.579. The van der Waals surface area contributed by atoms with E-state index in [-0.39, 0.29) is 22.8 Å². The molecular weight excluding hydrogens is 543 g/mol. The van der Waals surface area contributed by atoms with Gasteiger partial charge in [-0.2, -0.15) is 5.10 Å². The summed E-state index contributed by atoms with van der Waals surface area (Å²) in [6.07, 6.45) is 4.32. The fraction of sp³-hybridized carbons (Fsp3) is 0.263. The molecule has 11 heteroatoms. The van der Waals surface area contributed by atoms with Crippen molar-refractivity contribution in [1.29, 1.82) is 0 Å². The molecule has 0 saturated carbocycles. The van der Waals surface area contributed by atoms with Crippen molar-refractivity contribution in [3.8, 4) is 11.6 Å². The smallest absolute Gasteiger partial charge is 0.291 e. The molecule has 0 aliphatic carbocycles. The van der Waals surface area contributed by atoms with Crippen LogP contribution >= 0.6 is 40.0 Å². The van der Waals surface area contributed by atoms with Crippen LogP contribution in [0, 0.1) is 5.82 Å². The van der Waals surface area contributed by atoms with Crippen molar-refractivity contribution in [2.75, 3.05) is 11.4 Å². The number of hydrogen-bond donors (Lipinski definition) is 0. The van der Waals surface area contributed by atoms with Crippen LogP contribution in [0.5, 0.6) is 11.6 Å². The highest BCUT2D eigenvalue weighted by Gasteiger charge is 2.25. The molecule has 0 saturated heterocycles. The largest absolute Gasteiger partial charge is 0.438 e. The molecule has 3 aromatic rings. The lowest BCUT2D eigenvalue weighted by Gasteiger charge is -2.30. The highest BCUT2D eigenvalue weighted by molar-refractivity contribution is 14.2. The van der Waals surface area contributed by atoms with E-state index < -0.39 is 0 Å². The second-order valence-corrected chi connectivity index (χ2v) is 9.01. The number of halogens is 3. The zero-order valence-electron chi connectivity index (χ0n) is 15.9. The molecule has 3 heterocycles. The molecule has 7 nitrogen and oxygen atoms in total. The highest BCUT2D eigenvalue weighted by Crippen LogP contribution is 2.34. The molecule has 1 aliphatic heterocycles. The van der Waals surface area contributed by atoms with E-state index in [9.17, 15) is 9.18 Å². The number of hydrogen-bond acceptors (Lipinski definition) is 6. The quantitative estimate of drug-likeness (QED) is 0.338. The summed E-state index contributed by atoms with van der Waals surface area (Å²) in [4.78, 5) is 23.0. The summed E-state index contributed by atoms with van der Waals surface area (Å²) in [6, 6.07) is 4.77. The second-order valence-electron chi connectivity index (χ2n) is 6.59. The van der Waals surface area contributed by atoms with Crippen molar-refractivity contribution < 1.29 is 9.13 Å². The standard InChI is InChI=1S/C19H17ClFIN5O2P/c1-2-11-13(21)4-3-5-16(11)29-18-12-6-7-26(9-14(12)23-10-24-18)15-8-25-27(30-22)19(28)17(15)20/h3-5,8,10,30H,2,6-7,9H2,1H3. The lowest BCUT2D eigenvalue weighted by Crippen LogP contribution is -2.33. The Bertz CT molecular complexity index is 1160. The molecule has 0 N–H and O–H groups in total. The average Bonchev–Trinajstić information content (AvgIpc) is 2.75. The van der Waals surface area contributed by atoms with Gasteiger partial charge in [0.2, 0.25) is 5.88 Å². The Morgan fingerprint density at radius 2 is 2.20 bits per heavy atom. The SMILES string of the molecule is CCc1c(F)cccc1Oc1ncnc2c1CCN(c1cnn(PI)c(=O)c1Cl)C2. The molecule has 0 bridgehead atoms. The van der Waals surface area contributed by atoms with Crippen molar-refractivity contribution in [3.05, 3.63) is 68.7 Å². The first-order valence-electron chi connectivity index (χ1n) is 9.20. The number of ether oxygens (including phenoxy) is 1. The van der Waals surface area contributed by atoms with Gasteiger partial charge in [0, 0.05) is 17.7 Å². The zero-order chi connectivity index (χ0) is 21.3. The summed E-state index contributed by atoms with van der Waals surface area (Å²) < 4.78 is 21.4. The Hall–Kier alpha value is -1.84. The van der Waals surface area contributed by atoms with Gasteiger partial charge >= 0.3 is 0 Å². The van der Waals surface area contributed by atoms with Crippen LogP contribution < -0.4 is 15.2 Å². The first-order valence-corrected chi connectivity index (χ1v) is 13.6. The van der Waals surface area contributed by atoms with Crippen molar-refractivity contribution in [2.24, 2.45) is 0 Å². The molecule has 0 amide bonds. The van der Waals surface area contributed by atoms with Gasteiger partial charge in [-0.25, -0.2) is 18.8 Å². The van der Waals surface area contributed by atoms with Crippen LogP contribution in [-0.2, 0) is 19.4 Å². The first-order chi connectivity index (χ1) is 14.5. The van der Waals surface area contributed by atoms with E-state index in [0.29, 0.717) is 48.8 Å². The summed E-state index contributed by atoms with van der Waals surface area (Å²) in [7, 11) is 0. The topological polar surface area (TPSA) is 73.1 Å². The van der Waals surface area contributed by atoms with Crippen LogP contribution in [0.3, 0.4) is 0 Å². The van der Waals surface area contributed by atoms with Crippen LogP contribution in [0.15, 0.2) is 35.5 Å². The van der Waals surface area contributed by atoms with E-state index >= 15 is 0 Å². The Morgan fingerprint density at radius 1 is 1.37 bits per heavy atom. The van der Waals surface area contributed by atoms with Crippen molar-refractivity contribution in [2.45, 2.75) is 26.3 Å². The molecule has 1 aromatic carbocycles. The number of anilines is 1. The van der Waals surface area contributed by atoms with Crippen LogP contribution in [-0.4, -0.2) is 26.1 Å². The summed E-state index contributed by atoms with van der Waals surface area (Å²) in [5, 5.41) is 4.33. The third-order valence-electron chi connectivity index (χ3n) is 4.92. The van der Waals surface area contributed by atoms with Crippen LogP contribution in [0.1, 0.15) is 23.7 Å². The molecule has 30 heavy (non-hydrogen) atoms. The van der Waals surface area contributed by atoms with Gasteiger partial charge in [0.25, 0.3) is 5.56 Å². The minimum absolute atomic E-state index is 0.149. The third kappa shape index (κ3) is 4.02. The molecule has 1 unspecified atom stereocenters. The average molecular weight is 560 g/mol. The highest BCUT2D eigenvalue weighted by atomic mass is 127. The van der Waals surface area contributed by atoms with E-state index in [4.69, 9.17) is 16.3 Å². The molecule has 1 atom stereocenters. The van der Waals surface area contributed by atoms with E-state index in [1.807, 2.05) is 11.8 Å². The van der Waals surface area contributed by atoms with Gasteiger partial charge in [-0.15, -0.1) is 0 Å². The van der Waals surface area contributed by atoms with Crippen molar-refractivity contribution >= 4 is 45.7 Å². The van der Waals surface area contributed by atoms with Gasteiger partial charge in [0.05, 0.1) is 30.5 Å². The molecule has 4 rings (SSSR count). The predicted molar refractivity (Wildman–Crippen MR) is 124 cm³/mol. The maximum absolute atomic E-state index is 14.1. The van der Waals surface area contributed by atoms with Gasteiger partial charge in [-0.1, -0.05) is 24.6 Å². The molecule has 2 aromatic heterocycles. The lowest BCUT2D eigenvalue weighted by atomic mass is 10.1. The predicted octanol–water partition coefficient (Wildman–Crippen LogP) is 4.53. The van der Waals surface area contributed by atoms with Gasteiger partial charge < -0.3 is 9.64 Å². The normalized spacial score (nSPS) is 13.7. The maximum atomic E-state index is 14.1. The molecule has 0 spiro atoms. The number of nitrogens with zero attached hydrogens (tertiary/aromatic N) is 5. The van der Waals surface area contributed by atoms with Gasteiger partial charge in [0.1, 0.15) is 22.9 Å². The number of aromatic nitrogens is 4. The van der Waals surface area contributed by atoms with E-state index in [2.05, 4.69) is 37.1 Å². The minimum Gasteiger partial charge on any atom is -0.438 e. The van der Waals surface area contributed by atoms with Gasteiger partial charge in [0.15, 0.2) is 0 Å². The second kappa shape index (κ2) is 9.11. The minimum atomic E-state index is -0.308. The third-order valence-corrected chi connectivity index (χ3v) is 7.13. The first kappa shape index (κ1) is 21.4. The lowest BCUT2D eigenvalue weighted by molar-refractivity contribution is 0.438. The Morgan fingerprint density at radius 3 is 2.97 bits per heavy atom. The summed E-state index contributed by atoms with van der Waals surface area (Å²) >= 11 is 8.40. The number of rotatable bonds is 5. The van der Waals surface area contributed by atoms with E-state index in [0.717, 1.165) is 11.3 Å². The van der Waals surface area contributed by atoms with Crippen LogP contribution in [0.4, 0.5) is 10.1 Å². The van der Waals surface area contributed by atoms with E-state index in [1.165, 1.54) is 16.8 Å². The molecule has 156 valence electrons. The molecular formula is C19H17ClFIN5O2P. The van der Waals surface area contributed by atoms with Crippen LogP contribution in [0.25, 0.3) is 0 Å². The fourth-order valence-electron chi connectivity index (χ4n) is 3.40. The maximum Gasteiger partial charge on any atom is 0.291 e. The molecule has 0 radical (unpaired) electrons. The van der Waals surface area contributed by atoms with E-state index in [1.54, 1.807) is 18.3 Å². The van der Waals surface area contributed by atoms with Crippen LogP contribution in [0.2, 0.25) is 5.02 Å². The fourth-order valence-corrected chi connectivity index (χ4v) is 5.04. The molecule has 0 fully saturated rings. The Balaban J connectivity index is 1.64. The number of fused-ring (bicyclic) bond motifs is 1. The van der Waals surface area contributed by atoms with Crippen molar-refractivity contribution in [3.63, 3.8) is 0 Å². The summed E-state index contributed by atoms with van der Waals surface area (Å²) in [5.41, 5.74) is 2.43. The monoisotopic (exact) mass is 559 g/mol. The Kier molecular flexibility index (Phi) is 6.50. The summed E-state index contributed by atoms with van der Waals surface area (Å²) in [6.45, 7) is 2.91.